The van der Waals surface area contributed by atoms with Crippen molar-refractivity contribution < 1.29 is 4.79 Å². The largest absolute Gasteiger partial charge is 0.272 e. The average molecular weight is 432 g/mol. The standard InChI is InChI=1S/C25H16N6O2/c26-15-18-10-8-17(9-11-18)12-13-23-28-22-7-2-1-6-21(22)25(33)30(23)19-4-3-5-20(14-19)31-24(32)16-27-29-31/h1-14H,16H2/b13-12+. The van der Waals surface area contributed by atoms with Gasteiger partial charge in [-0.15, -0.1) is 0 Å². The maximum atomic E-state index is 13.5. The summed E-state index contributed by atoms with van der Waals surface area (Å²) >= 11 is 0. The summed E-state index contributed by atoms with van der Waals surface area (Å²) in [7, 11) is 0. The van der Waals surface area contributed by atoms with Crippen LogP contribution in [0, 0.1) is 11.3 Å². The first-order valence-corrected chi connectivity index (χ1v) is 10.1. The van der Waals surface area contributed by atoms with Crippen molar-refractivity contribution >= 4 is 34.6 Å². The molecule has 8 nitrogen and oxygen atoms in total. The molecule has 33 heavy (non-hydrogen) atoms. The summed E-state index contributed by atoms with van der Waals surface area (Å²) in [5, 5.41) is 18.3. The second-order valence-corrected chi connectivity index (χ2v) is 7.31. The molecule has 8 heteroatoms. The van der Waals surface area contributed by atoms with Gasteiger partial charge >= 0.3 is 0 Å². The Bertz CT molecular complexity index is 1540. The number of aromatic nitrogens is 2. The van der Waals surface area contributed by atoms with Gasteiger partial charge in [0.15, 0.2) is 0 Å². The minimum Gasteiger partial charge on any atom is -0.270 e. The number of nitriles is 1. The molecule has 3 aromatic carbocycles. The molecule has 0 unspecified atom stereocenters. The number of anilines is 1. The third-order valence-electron chi connectivity index (χ3n) is 5.19. The second kappa shape index (κ2) is 8.32. The van der Waals surface area contributed by atoms with Gasteiger partial charge in [0.25, 0.3) is 11.5 Å². The lowest BCUT2D eigenvalue weighted by Gasteiger charge is -2.15. The van der Waals surface area contributed by atoms with Gasteiger partial charge in [-0.25, -0.2) is 4.98 Å². The fourth-order valence-corrected chi connectivity index (χ4v) is 3.58. The maximum Gasteiger partial charge on any atom is 0.272 e. The molecule has 1 amide bonds. The highest BCUT2D eigenvalue weighted by molar-refractivity contribution is 5.95. The summed E-state index contributed by atoms with van der Waals surface area (Å²) in [6.07, 6.45) is 3.58. The van der Waals surface area contributed by atoms with Crippen LogP contribution in [0.4, 0.5) is 5.69 Å². The molecule has 0 radical (unpaired) electrons. The lowest BCUT2D eigenvalue weighted by atomic mass is 10.1. The Morgan fingerprint density at radius 3 is 2.45 bits per heavy atom. The predicted octanol–water partition coefficient (Wildman–Crippen LogP) is 4.14. The number of nitrogens with zero attached hydrogens (tertiary/aromatic N) is 6. The van der Waals surface area contributed by atoms with Crippen LogP contribution in [0.25, 0.3) is 28.7 Å². The molecular formula is C25H16N6O2. The Labute approximate surface area is 188 Å². The van der Waals surface area contributed by atoms with Gasteiger partial charge in [0.05, 0.1) is 33.9 Å². The van der Waals surface area contributed by atoms with E-state index in [9.17, 15) is 9.59 Å². The van der Waals surface area contributed by atoms with Crippen molar-refractivity contribution in [2.45, 2.75) is 0 Å². The molecule has 1 aliphatic rings. The number of carbonyl (C=O) groups is 1. The van der Waals surface area contributed by atoms with E-state index in [-0.39, 0.29) is 18.0 Å². The van der Waals surface area contributed by atoms with Crippen LogP contribution in [-0.2, 0) is 4.79 Å². The number of fused-ring (bicyclic) bond motifs is 1. The lowest BCUT2D eigenvalue weighted by molar-refractivity contribution is -0.116. The highest BCUT2D eigenvalue weighted by Crippen LogP contribution is 2.23. The van der Waals surface area contributed by atoms with Crippen molar-refractivity contribution in [1.29, 1.82) is 5.26 Å². The summed E-state index contributed by atoms with van der Waals surface area (Å²) < 4.78 is 1.50. The number of hydrogen-bond acceptors (Lipinski definition) is 6. The molecule has 0 spiro atoms. The van der Waals surface area contributed by atoms with E-state index in [1.165, 1.54) is 9.58 Å². The summed E-state index contributed by atoms with van der Waals surface area (Å²) in [5.74, 6) is 0.187. The van der Waals surface area contributed by atoms with Crippen molar-refractivity contribution in [1.82, 2.24) is 9.55 Å². The molecule has 4 aromatic rings. The van der Waals surface area contributed by atoms with E-state index in [0.29, 0.717) is 33.7 Å². The van der Waals surface area contributed by atoms with Crippen LogP contribution in [-0.4, -0.2) is 22.0 Å². The minimum atomic E-state index is -0.239. The molecule has 2 heterocycles. The van der Waals surface area contributed by atoms with Crippen LogP contribution in [0.1, 0.15) is 17.0 Å². The molecule has 0 saturated heterocycles. The van der Waals surface area contributed by atoms with Gasteiger partial charge in [0, 0.05) is 0 Å². The van der Waals surface area contributed by atoms with Crippen molar-refractivity contribution in [2.24, 2.45) is 10.3 Å². The van der Waals surface area contributed by atoms with E-state index in [1.807, 2.05) is 24.3 Å². The number of benzene rings is 3. The van der Waals surface area contributed by atoms with Crippen molar-refractivity contribution in [3.8, 4) is 11.8 Å². The fraction of sp³-hybridized carbons (Fsp3) is 0.0400. The summed E-state index contributed by atoms with van der Waals surface area (Å²) in [6, 6.07) is 23.3. The van der Waals surface area contributed by atoms with E-state index in [2.05, 4.69) is 16.4 Å². The summed E-state index contributed by atoms with van der Waals surface area (Å²) in [5.41, 5.74) is 2.84. The van der Waals surface area contributed by atoms with Gasteiger partial charge in [-0.3, -0.25) is 14.2 Å². The number of amides is 1. The first kappa shape index (κ1) is 20.0. The molecule has 0 N–H and O–H groups in total. The predicted molar refractivity (Wildman–Crippen MR) is 125 cm³/mol. The van der Waals surface area contributed by atoms with Gasteiger partial charge in [-0.1, -0.05) is 41.6 Å². The smallest absolute Gasteiger partial charge is 0.270 e. The van der Waals surface area contributed by atoms with Gasteiger partial charge in [0.1, 0.15) is 12.4 Å². The molecule has 0 fully saturated rings. The second-order valence-electron chi connectivity index (χ2n) is 7.31. The SMILES string of the molecule is N#Cc1ccc(/C=C/c2nc3ccccc3c(=O)n2-c2cccc(N3N=NCC3=O)c2)cc1. The third-order valence-corrected chi connectivity index (χ3v) is 5.19. The Kier molecular flexibility index (Phi) is 5.05. The zero-order valence-corrected chi connectivity index (χ0v) is 17.3. The molecule has 5 rings (SSSR count). The van der Waals surface area contributed by atoms with Crippen LogP contribution >= 0.6 is 0 Å². The molecule has 0 aliphatic carbocycles. The van der Waals surface area contributed by atoms with E-state index < -0.39 is 0 Å². The molecule has 0 atom stereocenters. The van der Waals surface area contributed by atoms with Crippen LogP contribution < -0.4 is 10.6 Å². The topological polar surface area (TPSA) is 104 Å². The Balaban J connectivity index is 1.66. The monoisotopic (exact) mass is 432 g/mol. The average Bonchev–Trinajstić information content (AvgIpc) is 3.29. The zero-order valence-electron chi connectivity index (χ0n) is 17.3. The summed E-state index contributed by atoms with van der Waals surface area (Å²) in [4.78, 5) is 30.2. The van der Waals surface area contributed by atoms with Gasteiger partial charge in [0.2, 0.25) is 0 Å². The maximum absolute atomic E-state index is 13.5. The number of para-hydroxylation sites is 1. The van der Waals surface area contributed by atoms with Crippen molar-refractivity contribution in [3.05, 3.63) is 100 Å². The van der Waals surface area contributed by atoms with Crippen LogP contribution in [0.3, 0.4) is 0 Å². The van der Waals surface area contributed by atoms with Crippen LogP contribution in [0.5, 0.6) is 0 Å². The Morgan fingerprint density at radius 2 is 1.70 bits per heavy atom. The van der Waals surface area contributed by atoms with E-state index in [4.69, 9.17) is 10.2 Å². The quantitative estimate of drug-likeness (QED) is 0.483. The Morgan fingerprint density at radius 1 is 0.909 bits per heavy atom. The zero-order chi connectivity index (χ0) is 22.8. The fourth-order valence-electron chi connectivity index (χ4n) is 3.58. The van der Waals surface area contributed by atoms with E-state index in [1.54, 1.807) is 60.7 Å². The van der Waals surface area contributed by atoms with Crippen molar-refractivity contribution in [2.75, 3.05) is 11.6 Å². The Hall–Kier alpha value is -4.90. The first-order chi connectivity index (χ1) is 16.1. The number of rotatable bonds is 4. The van der Waals surface area contributed by atoms with Gasteiger partial charge in [-0.2, -0.15) is 15.4 Å². The highest BCUT2D eigenvalue weighted by atomic mass is 16.2. The minimum absolute atomic E-state index is 0.000283. The lowest BCUT2D eigenvalue weighted by Crippen LogP contribution is -2.24. The number of hydrogen-bond donors (Lipinski definition) is 0. The van der Waals surface area contributed by atoms with Crippen LogP contribution in [0.2, 0.25) is 0 Å². The first-order valence-electron chi connectivity index (χ1n) is 10.1. The van der Waals surface area contributed by atoms with Gasteiger partial charge in [-0.05, 0) is 54.1 Å². The molecule has 0 saturated carbocycles. The summed E-state index contributed by atoms with van der Waals surface area (Å²) in [6.45, 7) is 0.000283. The number of carbonyl (C=O) groups excluding carboxylic acids is 1. The van der Waals surface area contributed by atoms with Crippen molar-refractivity contribution in [3.63, 3.8) is 0 Å². The third kappa shape index (κ3) is 3.79. The molecule has 158 valence electrons. The normalized spacial score (nSPS) is 13.2. The molecule has 1 aromatic heterocycles. The van der Waals surface area contributed by atoms with E-state index in [0.717, 1.165) is 5.56 Å². The van der Waals surface area contributed by atoms with Gasteiger partial charge < -0.3 is 0 Å². The van der Waals surface area contributed by atoms with Crippen LogP contribution in [0.15, 0.2) is 87.9 Å². The van der Waals surface area contributed by atoms with E-state index >= 15 is 0 Å². The molecular weight excluding hydrogens is 416 g/mol. The molecule has 0 bridgehead atoms. The molecule has 1 aliphatic heterocycles. The highest BCUT2D eigenvalue weighted by Gasteiger charge is 2.21.